The van der Waals surface area contributed by atoms with Gasteiger partial charge in [-0.25, -0.2) is 18.4 Å². The lowest BCUT2D eigenvalue weighted by Crippen LogP contribution is -2.52. The van der Waals surface area contributed by atoms with Crippen molar-refractivity contribution in [2.24, 2.45) is 0 Å². The van der Waals surface area contributed by atoms with E-state index in [1.807, 2.05) is 0 Å². The van der Waals surface area contributed by atoms with Crippen molar-refractivity contribution in [3.05, 3.63) is 76.0 Å². The van der Waals surface area contributed by atoms with Crippen LogP contribution in [-0.2, 0) is 9.53 Å². The molecular weight excluding hydrogens is 454 g/mol. The fraction of sp³-hybridized carbons (Fsp3) is 0.385. The van der Waals surface area contributed by atoms with Crippen molar-refractivity contribution >= 4 is 17.7 Å². The molecule has 2 N–H and O–H groups in total. The van der Waals surface area contributed by atoms with Crippen LogP contribution in [0.1, 0.15) is 29.7 Å². The first-order valence-corrected chi connectivity index (χ1v) is 11.7. The molecule has 2 aromatic carbocycles. The molecule has 0 saturated carbocycles. The summed E-state index contributed by atoms with van der Waals surface area (Å²) >= 11 is 0. The lowest BCUT2D eigenvalue weighted by atomic mass is 9.94. The Morgan fingerprint density at radius 1 is 1.06 bits per heavy atom. The third-order valence-corrected chi connectivity index (χ3v) is 6.39. The van der Waals surface area contributed by atoms with Crippen molar-refractivity contribution in [3.63, 3.8) is 0 Å². The molecule has 0 spiro atoms. The van der Waals surface area contributed by atoms with Crippen LogP contribution in [0.4, 0.5) is 19.3 Å². The minimum atomic E-state index is -1.05. The Kier molecular flexibility index (Phi) is 7.35. The SMILES string of the molecule is CCOC(=O)C1=C(CN2CCN(c3cc(C)ccc3C)CC2)NC(=O)NC1c1ccc(F)c(F)c1. The van der Waals surface area contributed by atoms with E-state index >= 15 is 0 Å². The van der Waals surface area contributed by atoms with Gasteiger partial charge < -0.3 is 20.3 Å². The van der Waals surface area contributed by atoms with Gasteiger partial charge in [-0.15, -0.1) is 0 Å². The van der Waals surface area contributed by atoms with Gasteiger partial charge in [-0.05, 0) is 55.7 Å². The molecule has 1 fully saturated rings. The average molecular weight is 485 g/mol. The summed E-state index contributed by atoms with van der Waals surface area (Å²) in [6.45, 7) is 9.37. The largest absolute Gasteiger partial charge is 0.463 e. The van der Waals surface area contributed by atoms with Crippen molar-refractivity contribution in [2.45, 2.75) is 26.8 Å². The van der Waals surface area contributed by atoms with Crippen molar-refractivity contribution in [1.29, 1.82) is 0 Å². The summed E-state index contributed by atoms with van der Waals surface area (Å²) in [6.07, 6.45) is 0. The number of hydrogen-bond acceptors (Lipinski definition) is 5. The number of hydrogen-bond donors (Lipinski definition) is 2. The summed E-state index contributed by atoms with van der Waals surface area (Å²) in [7, 11) is 0. The fourth-order valence-electron chi connectivity index (χ4n) is 4.57. The van der Waals surface area contributed by atoms with Crippen LogP contribution >= 0.6 is 0 Å². The van der Waals surface area contributed by atoms with E-state index in [0.29, 0.717) is 12.2 Å². The molecule has 7 nitrogen and oxygen atoms in total. The van der Waals surface area contributed by atoms with Crippen LogP contribution in [0.2, 0.25) is 0 Å². The standard InChI is InChI=1S/C26H30F2N4O3/c1-4-35-25(33)23-21(29-26(34)30-24(23)18-7-8-19(27)20(28)14-18)15-31-9-11-32(12-10-31)22-13-16(2)5-6-17(22)3/h5-8,13-14,24H,4,9-12,15H2,1-3H3,(H2,29,30,34). The second-order valence-corrected chi connectivity index (χ2v) is 8.87. The van der Waals surface area contributed by atoms with E-state index in [-0.39, 0.29) is 17.7 Å². The summed E-state index contributed by atoms with van der Waals surface area (Å²) < 4.78 is 32.7. The van der Waals surface area contributed by atoms with Crippen LogP contribution < -0.4 is 15.5 Å². The first-order valence-electron chi connectivity index (χ1n) is 11.7. The summed E-state index contributed by atoms with van der Waals surface area (Å²) in [4.78, 5) is 29.9. The Labute approximate surface area is 203 Å². The molecule has 2 aromatic rings. The number of esters is 1. The normalized spacial score (nSPS) is 18.8. The molecule has 35 heavy (non-hydrogen) atoms. The molecule has 0 radical (unpaired) electrons. The van der Waals surface area contributed by atoms with Crippen molar-refractivity contribution in [2.75, 3.05) is 44.2 Å². The van der Waals surface area contributed by atoms with Gasteiger partial charge in [0.15, 0.2) is 11.6 Å². The number of aryl methyl sites for hydroxylation is 2. The molecule has 9 heteroatoms. The minimum absolute atomic E-state index is 0.141. The lowest BCUT2D eigenvalue weighted by Gasteiger charge is -2.38. The zero-order valence-corrected chi connectivity index (χ0v) is 20.2. The minimum Gasteiger partial charge on any atom is -0.463 e. The second kappa shape index (κ2) is 10.4. The molecule has 0 bridgehead atoms. The predicted octanol–water partition coefficient (Wildman–Crippen LogP) is 3.57. The average Bonchev–Trinajstić information content (AvgIpc) is 2.82. The number of carbonyl (C=O) groups is 2. The van der Waals surface area contributed by atoms with Gasteiger partial charge in [0, 0.05) is 44.1 Å². The monoisotopic (exact) mass is 484 g/mol. The summed E-state index contributed by atoms with van der Waals surface area (Å²) in [5.74, 6) is -2.67. The van der Waals surface area contributed by atoms with Crippen LogP contribution in [0.3, 0.4) is 0 Å². The number of nitrogens with zero attached hydrogens (tertiary/aromatic N) is 2. The highest BCUT2D eigenvalue weighted by Crippen LogP contribution is 2.30. The van der Waals surface area contributed by atoms with Crippen molar-refractivity contribution < 1.29 is 23.1 Å². The molecule has 1 atom stereocenters. The zero-order valence-electron chi connectivity index (χ0n) is 20.2. The highest BCUT2D eigenvalue weighted by atomic mass is 19.2. The highest BCUT2D eigenvalue weighted by Gasteiger charge is 2.35. The van der Waals surface area contributed by atoms with Crippen LogP contribution in [0.25, 0.3) is 0 Å². The van der Waals surface area contributed by atoms with Gasteiger partial charge in [0.25, 0.3) is 0 Å². The number of amides is 2. The van der Waals surface area contributed by atoms with E-state index in [4.69, 9.17) is 4.74 Å². The quantitative estimate of drug-likeness (QED) is 0.614. The molecule has 1 unspecified atom stereocenters. The number of nitrogens with one attached hydrogen (secondary N) is 2. The first kappa shape index (κ1) is 24.7. The number of benzene rings is 2. The Balaban J connectivity index is 1.58. The first-order chi connectivity index (χ1) is 16.8. The maximum absolute atomic E-state index is 14.0. The number of urea groups is 1. The number of rotatable bonds is 6. The van der Waals surface area contributed by atoms with Crippen LogP contribution in [0.5, 0.6) is 0 Å². The van der Waals surface area contributed by atoms with E-state index in [0.717, 1.165) is 38.3 Å². The smallest absolute Gasteiger partial charge is 0.338 e. The lowest BCUT2D eigenvalue weighted by molar-refractivity contribution is -0.139. The molecule has 0 aromatic heterocycles. The Morgan fingerprint density at radius 3 is 2.49 bits per heavy atom. The van der Waals surface area contributed by atoms with Gasteiger partial charge in [0.1, 0.15) is 0 Å². The molecule has 2 amide bonds. The Bertz CT molecular complexity index is 1160. The summed E-state index contributed by atoms with van der Waals surface area (Å²) in [5.41, 5.74) is 4.49. The predicted molar refractivity (Wildman–Crippen MR) is 129 cm³/mol. The number of ether oxygens (including phenoxy) is 1. The van der Waals surface area contributed by atoms with Gasteiger partial charge >= 0.3 is 12.0 Å². The van der Waals surface area contributed by atoms with E-state index in [1.165, 1.54) is 22.9 Å². The fourth-order valence-corrected chi connectivity index (χ4v) is 4.57. The van der Waals surface area contributed by atoms with E-state index < -0.39 is 29.7 Å². The number of anilines is 1. The molecule has 0 aliphatic carbocycles. The van der Waals surface area contributed by atoms with E-state index in [9.17, 15) is 18.4 Å². The Hall–Kier alpha value is -3.46. The van der Waals surface area contributed by atoms with Crippen LogP contribution in [-0.4, -0.2) is 56.2 Å². The van der Waals surface area contributed by atoms with Gasteiger partial charge in [0.05, 0.1) is 18.2 Å². The van der Waals surface area contributed by atoms with Crippen molar-refractivity contribution in [3.8, 4) is 0 Å². The maximum Gasteiger partial charge on any atom is 0.338 e. The maximum atomic E-state index is 14.0. The second-order valence-electron chi connectivity index (χ2n) is 8.87. The number of piperazine rings is 1. The van der Waals surface area contributed by atoms with Crippen LogP contribution in [0, 0.1) is 25.5 Å². The Morgan fingerprint density at radius 2 is 1.80 bits per heavy atom. The molecular formula is C26H30F2N4O3. The molecule has 2 heterocycles. The van der Waals surface area contributed by atoms with Gasteiger partial charge in [-0.3, -0.25) is 4.90 Å². The van der Waals surface area contributed by atoms with Crippen LogP contribution in [0.15, 0.2) is 47.7 Å². The molecule has 1 saturated heterocycles. The highest BCUT2D eigenvalue weighted by molar-refractivity contribution is 5.95. The van der Waals surface area contributed by atoms with Gasteiger partial charge in [-0.1, -0.05) is 18.2 Å². The summed E-state index contributed by atoms with van der Waals surface area (Å²) in [6, 6.07) is 8.26. The molecule has 186 valence electrons. The van der Waals surface area contributed by atoms with E-state index in [1.54, 1.807) is 6.92 Å². The molecule has 2 aliphatic rings. The van der Waals surface area contributed by atoms with Gasteiger partial charge in [-0.2, -0.15) is 0 Å². The number of halogens is 2. The van der Waals surface area contributed by atoms with Crippen molar-refractivity contribution in [1.82, 2.24) is 15.5 Å². The molecule has 4 rings (SSSR count). The summed E-state index contributed by atoms with van der Waals surface area (Å²) in [5, 5.41) is 5.40. The zero-order chi connectivity index (χ0) is 25.1. The third-order valence-electron chi connectivity index (χ3n) is 6.39. The van der Waals surface area contributed by atoms with Gasteiger partial charge in [0.2, 0.25) is 0 Å². The van der Waals surface area contributed by atoms with E-state index in [2.05, 4.69) is 52.5 Å². The number of carbonyl (C=O) groups excluding carboxylic acids is 2. The topological polar surface area (TPSA) is 73.9 Å². The third kappa shape index (κ3) is 5.45. The molecule has 2 aliphatic heterocycles.